The fourth-order valence-corrected chi connectivity index (χ4v) is 3.57. The van der Waals surface area contributed by atoms with Crippen LogP contribution < -0.4 is 10.5 Å². The van der Waals surface area contributed by atoms with Gasteiger partial charge in [-0.3, -0.25) is 0 Å². The minimum absolute atomic E-state index is 0.0309. The maximum Gasteiger partial charge on any atom is 0.241 e. The number of sulfonamides is 1. The van der Waals surface area contributed by atoms with E-state index in [-0.39, 0.29) is 22.4 Å². The smallest absolute Gasteiger partial charge is 0.241 e. The van der Waals surface area contributed by atoms with Gasteiger partial charge in [-0.2, -0.15) is 0 Å². The molecule has 0 aliphatic carbocycles. The zero-order valence-electron chi connectivity index (χ0n) is 11.1. The average molecular weight is 307 g/mol. The van der Waals surface area contributed by atoms with Gasteiger partial charge in [0.2, 0.25) is 10.0 Å². The Labute approximate surface area is 118 Å². The molecule has 1 aromatic carbocycles. The Kier molecular flexibility index (Phi) is 5.20. The third-order valence-electron chi connectivity index (χ3n) is 2.96. The Balaban J connectivity index is 3.21. The van der Waals surface area contributed by atoms with Crippen molar-refractivity contribution in [3.8, 4) is 0 Å². The molecule has 108 valence electrons. The second-order valence-electron chi connectivity index (χ2n) is 4.77. The van der Waals surface area contributed by atoms with Crippen molar-refractivity contribution in [2.45, 2.75) is 31.7 Å². The quantitative estimate of drug-likeness (QED) is 0.719. The number of nitrogen functional groups attached to an aromatic ring is 1. The minimum Gasteiger partial charge on any atom is -0.398 e. The van der Waals surface area contributed by atoms with E-state index in [9.17, 15) is 13.5 Å². The van der Waals surface area contributed by atoms with Crippen LogP contribution in [0, 0.1) is 12.8 Å². The van der Waals surface area contributed by atoms with E-state index in [0.29, 0.717) is 11.3 Å². The number of hydrogen-bond acceptors (Lipinski definition) is 4. The summed E-state index contributed by atoms with van der Waals surface area (Å²) in [5.74, 6) is -0.0309. The summed E-state index contributed by atoms with van der Waals surface area (Å²) in [4.78, 5) is 0.0385. The summed E-state index contributed by atoms with van der Waals surface area (Å²) in [5, 5.41) is 9.47. The zero-order valence-corrected chi connectivity index (χ0v) is 12.7. The number of anilines is 1. The van der Waals surface area contributed by atoms with Crippen molar-refractivity contribution in [1.29, 1.82) is 0 Å². The summed E-state index contributed by atoms with van der Waals surface area (Å²) in [6.07, 6.45) is 0. The van der Waals surface area contributed by atoms with Crippen LogP contribution in [-0.4, -0.2) is 26.2 Å². The van der Waals surface area contributed by atoms with Gasteiger partial charge in [0, 0.05) is 16.8 Å². The van der Waals surface area contributed by atoms with E-state index < -0.39 is 16.1 Å². The van der Waals surface area contributed by atoms with Crippen LogP contribution in [0.15, 0.2) is 17.0 Å². The van der Waals surface area contributed by atoms with Gasteiger partial charge in [0.1, 0.15) is 0 Å². The Hall–Kier alpha value is -0.820. The molecule has 0 fully saturated rings. The SMILES string of the molecule is Cc1c(N)cc(Cl)cc1S(=O)(=O)N[C@H](CO)C(C)C. The molecule has 0 spiro atoms. The fourth-order valence-electron chi connectivity index (χ4n) is 1.60. The molecule has 0 aliphatic heterocycles. The number of hydrogen-bond donors (Lipinski definition) is 3. The van der Waals surface area contributed by atoms with Gasteiger partial charge in [0.25, 0.3) is 0 Å². The van der Waals surface area contributed by atoms with Gasteiger partial charge < -0.3 is 10.8 Å². The van der Waals surface area contributed by atoms with E-state index in [1.807, 2.05) is 13.8 Å². The lowest BCUT2D eigenvalue weighted by atomic mass is 10.1. The first-order valence-electron chi connectivity index (χ1n) is 5.88. The van der Waals surface area contributed by atoms with Crippen LogP contribution >= 0.6 is 11.6 Å². The van der Waals surface area contributed by atoms with Gasteiger partial charge in [-0.25, -0.2) is 13.1 Å². The van der Waals surface area contributed by atoms with E-state index in [0.717, 1.165) is 0 Å². The molecule has 0 saturated carbocycles. The number of aliphatic hydroxyl groups is 1. The summed E-state index contributed by atoms with van der Waals surface area (Å²) >= 11 is 5.84. The first kappa shape index (κ1) is 16.2. The van der Waals surface area contributed by atoms with E-state index in [4.69, 9.17) is 17.3 Å². The van der Waals surface area contributed by atoms with Crippen molar-refractivity contribution < 1.29 is 13.5 Å². The summed E-state index contributed by atoms with van der Waals surface area (Å²) < 4.78 is 27.1. The molecule has 7 heteroatoms. The van der Waals surface area contributed by atoms with Crippen LogP contribution in [0.1, 0.15) is 19.4 Å². The average Bonchev–Trinajstić information content (AvgIpc) is 2.30. The van der Waals surface area contributed by atoms with Crippen molar-refractivity contribution >= 4 is 27.3 Å². The summed E-state index contributed by atoms with van der Waals surface area (Å²) in [5.41, 5.74) is 6.47. The topological polar surface area (TPSA) is 92.4 Å². The molecule has 0 bridgehead atoms. The van der Waals surface area contributed by atoms with Gasteiger partial charge in [-0.05, 0) is 30.5 Å². The number of rotatable bonds is 5. The fraction of sp³-hybridized carbons (Fsp3) is 0.500. The van der Waals surface area contributed by atoms with Gasteiger partial charge >= 0.3 is 0 Å². The Morgan fingerprint density at radius 3 is 2.47 bits per heavy atom. The monoisotopic (exact) mass is 306 g/mol. The molecule has 5 nitrogen and oxygen atoms in total. The van der Waals surface area contributed by atoms with Gasteiger partial charge in [-0.1, -0.05) is 25.4 Å². The molecular formula is C12H19ClN2O3S. The normalized spacial score (nSPS) is 13.8. The molecule has 0 aromatic heterocycles. The van der Waals surface area contributed by atoms with Crippen LogP contribution in [0.4, 0.5) is 5.69 Å². The first-order chi connectivity index (χ1) is 8.69. The maximum atomic E-state index is 12.3. The highest BCUT2D eigenvalue weighted by Crippen LogP contribution is 2.26. The molecule has 4 N–H and O–H groups in total. The van der Waals surface area contributed by atoms with Crippen molar-refractivity contribution in [1.82, 2.24) is 4.72 Å². The van der Waals surface area contributed by atoms with Crippen LogP contribution in [0.2, 0.25) is 5.02 Å². The lowest BCUT2D eigenvalue weighted by molar-refractivity contribution is 0.227. The second kappa shape index (κ2) is 6.09. The number of nitrogens with one attached hydrogen (secondary N) is 1. The molecule has 0 radical (unpaired) electrons. The number of benzene rings is 1. The second-order valence-corrected chi connectivity index (χ2v) is 6.89. The van der Waals surface area contributed by atoms with Gasteiger partial charge in [0.05, 0.1) is 11.5 Å². The van der Waals surface area contributed by atoms with Crippen LogP contribution in [0.25, 0.3) is 0 Å². The van der Waals surface area contributed by atoms with Crippen LogP contribution in [0.5, 0.6) is 0 Å². The van der Waals surface area contributed by atoms with E-state index >= 15 is 0 Å². The van der Waals surface area contributed by atoms with Crippen molar-refractivity contribution in [2.75, 3.05) is 12.3 Å². The zero-order chi connectivity index (χ0) is 14.8. The highest BCUT2D eigenvalue weighted by molar-refractivity contribution is 7.89. The number of aliphatic hydroxyl groups excluding tert-OH is 1. The number of halogens is 1. The van der Waals surface area contributed by atoms with E-state index in [2.05, 4.69) is 4.72 Å². The summed E-state index contributed by atoms with van der Waals surface area (Å²) in [7, 11) is -3.77. The van der Waals surface area contributed by atoms with Crippen LogP contribution in [-0.2, 0) is 10.0 Å². The standard InChI is InChI=1S/C12H19ClN2O3S/c1-7(2)11(6-16)15-19(17,18)12-5-9(13)4-10(14)8(12)3/h4-5,7,11,15-16H,6,14H2,1-3H3/t11-/m1/s1. The van der Waals surface area contributed by atoms with Crippen molar-refractivity contribution in [3.63, 3.8) is 0 Å². The summed E-state index contributed by atoms with van der Waals surface area (Å²) in [6, 6.07) is 2.30. The molecule has 0 saturated heterocycles. The first-order valence-corrected chi connectivity index (χ1v) is 7.74. The molecule has 0 heterocycles. The molecule has 1 aromatic rings. The lowest BCUT2D eigenvalue weighted by Crippen LogP contribution is -2.41. The van der Waals surface area contributed by atoms with Crippen molar-refractivity contribution in [2.24, 2.45) is 5.92 Å². The third kappa shape index (κ3) is 3.82. The predicted octanol–water partition coefficient (Wildman–Crippen LogP) is 1.53. The molecular weight excluding hydrogens is 288 g/mol. The Bertz CT molecular complexity index is 558. The number of nitrogens with two attached hydrogens (primary N) is 1. The molecule has 19 heavy (non-hydrogen) atoms. The Morgan fingerprint density at radius 1 is 1.42 bits per heavy atom. The predicted molar refractivity (Wildman–Crippen MR) is 76.6 cm³/mol. The van der Waals surface area contributed by atoms with Crippen molar-refractivity contribution in [3.05, 3.63) is 22.7 Å². The molecule has 1 atom stereocenters. The molecule has 0 aliphatic rings. The highest BCUT2D eigenvalue weighted by Gasteiger charge is 2.24. The molecule has 1 rings (SSSR count). The Morgan fingerprint density at radius 2 is 2.00 bits per heavy atom. The molecule has 0 amide bonds. The van der Waals surface area contributed by atoms with Gasteiger partial charge in [-0.15, -0.1) is 0 Å². The minimum atomic E-state index is -3.77. The third-order valence-corrected chi connectivity index (χ3v) is 4.80. The lowest BCUT2D eigenvalue weighted by Gasteiger charge is -2.21. The van der Waals surface area contributed by atoms with Gasteiger partial charge in [0.15, 0.2) is 0 Å². The largest absolute Gasteiger partial charge is 0.398 e. The molecule has 0 unspecified atom stereocenters. The van der Waals surface area contributed by atoms with E-state index in [1.54, 1.807) is 6.92 Å². The maximum absolute atomic E-state index is 12.3. The van der Waals surface area contributed by atoms with Crippen LogP contribution in [0.3, 0.4) is 0 Å². The highest BCUT2D eigenvalue weighted by atomic mass is 35.5. The summed E-state index contributed by atoms with van der Waals surface area (Å²) in [6.45, 7) is 4.99. The van der Waals surface area contributed by atoms with E-state index in [1.165, 1.54) is 12.1 Å².